The van der Waals surface area contributed by atoms with E-state index in [0.717, 1.165) is 17.9 Å². The standard InChI is InChI=1S/C10H19N3O4/c1-10(2)4-3-5-13(10)12(9(16)17)6-7(11)8(14)15/h7H,3-6,11H2,1-2H3,(H,14,15)(H,16,17). The highest BCUT2D eigenvalue weighted by atomic mass is 16.4. The van der Waals surface area contributed by atoms with Crippen molar-refractivity contribution in [3.63, 3.8) is 0 Å². The number of carbonyl (C=O) groups is 2. The van der Waals surface area contributed by atoms with Crippen LogP contribution in [-0.4, -0.2) is 57.0 Å². The summed E-state index contributed by atoms with van der Waals surface area (Å²) in [5.74, 6) is -1.20. The van der Waals surface area contributed by atoms with Gasteiger partial charge in [0.25, 0.3) is 0 Å². The van der Waals surface area contributed by atoms with E-state index in [1.807, 2.05) is 13.8 Å². The zero-order valence-corrected chi connectivity index (χ0v) is 10.1. The normalized spacial score (nSPS) is 21.1. The van der Waals surface area contributed by atoms with Gasteiger partial charge in [0.15, 0.2) is 0 Å². The van der Waals surface area contributed by atoms with Gasteiger partial charge in [-0.05, 0) is 26.7 Å². The van der Waals surface area contributed by atoms with Gasteiger partial charge in [0.1, 0.15) is 6.04 Å². The number of amides is 1. The summed E-state index contributed by atoms with van der Waals surface area (Å²) in [4.78, 5) is 21.8. The molecule has 1 unspecified atom stereocenters. The summed E-state index contributed by atoms with van der Waals surface area (Å²) in [5.41, 5.74) is 5.10. The molecule has 1 fully saturated rings. The molecule has 1 rings (SSSR count). The Balaban J connectivity index is 2.79. The van der Waals surface area contributed by atoms with Gasteiger partial charge in [-0.15, -0.1) is 0 Å². The molecule has 1 aliphatic heterocycles. The zero-order chi connectivity index (χ0) is 13.2. The molecule has 0 aromatic rings. The number of hydrogen-bond donors (Lipinski definition) is 3. The van der Waals surface area contributed by atoms with Crippen LogP contribution < -0.4 is 5.73 Å². The third-order valence-electron chi connectivity index (χ3n) is 3.06. The van der Waals surface area contributed by atoms with E-state index >= 15 is 0 Å². The minimum Gasteiger partial charge on any atom is -0.480 e. The molecule has 0 aromatic heterocycles. The van der Waals surface area contributed by atoms with Gasteiger partial charge < -0.3 is 15.9 Å². The van der Waals surface area contributed by atoms with Crippen LogP contribution in [0.25, 0.3) is 0 Å². The lowest BCUT2D eigenvalue weighted by molar-refractivity contribution is -0.140. The van der Waals surface area contributed by atoms with Crippen LogP contribution >= 0.6 is 0 Å². The van der Waals surface area contributed by atoms with Crippen LogP contribution in [0.15, 0.2) is 0 Å². The molecule has 17 heavy (non-hydrogen) atoms. The van der Waals surface area contributed by atoms with E-state index in [9.17, 15) is 9.59 Å². The summed E-state index contributed by atoms with van der Waals surface area (Å²) < 4.78 is 0. The number of rotatable bonds is 4. The van der Waals surface area contributed by atoms with Gasteiger partial charge in [-0.3, -0.25) is 4.79 Å². The number of carboxylic acid groups (broad SMARTS) is 2. The molecule has 1 saturated heterocycles. The highest BCUT2D eigenvalue weighted by Crippen LogP contribution is 2.29. The molecule has 7 heteroatoms. The fraction of sp³-hybridized carbons (Fsp3) is 0.800. The fourth-order valence-corrected chi connectivity index (χ4v) is 2.08. The molecule has 0 bridgehead atoms. The van der Waals surface area contributed by atoms with Crippen LogP contribution in [0.5, 0.6) is 0 Å². The van der Waals surface area contributed by atoms with Crippen molar-refractivity contribution in [1.29, 1.82) is 0 Å². The van der Waals surface area contributed by atoms with Gasteiger partial charge in [0, 0.05) is 12.1 Å². The van der Waals surface area contributed by atoms with Crippen LogP contribution in [-0.2, 0) is 4.79 Å². The number of nitrogens with two attached hydrogens (primary N) is 1. The summed E-state index contributed by atoms with van der Waals surface area (Å²) in [5, 5.41) is 20.6. The Bertz CT molecular complexity index is 319. The van der Waals surface area contributed by atoms with Gasteiger partial charge in [0.05, 0.1) is 6.54 Å². The maximum atomic E-state index is 11.2. The SMILES string of the molecule is CC1(C)CCCN1N(CC(N)C(=O)O)C(=O)O. The first kappa shape index (κ1) is 13.7. The van der Waals surface area contributed by atoms with Crippen molar-refractivity contribution < 1.29 is 19.8 Å². The molecule has 0 spiro atoms. The van der Waals surface area contributed by atoms with E-state index in [4.69, 9.17) is 15.9 Å². The van der Waals surface area contributed by atoms with E-state index in [0.29, 0.717) is 6.54 Å². The van der Waals surface area contributed by atoms with Crippen LogP contribution in [0.3, 0.4) is 0 Å². The van der Waals surface area contributed by atoms with Crippen LogP contribution in [0.4, 0.5) is 4.79 Å². The van der Waals surface area contributed by atoms with E-state index in [-0.39, 0.29) is 12.1 Å². The van der Waals surface area contributed by atoms with Crippen molar-refractivity contribution in [2.24, 2.45) is 5.73 Å². The lowest BCUT2D eigenvalue weighted by Crippen LogP contribution is -2.57. The van der Waals surface area contributed by atoms with E-state index in [2.05, 4.69) is 0 Å². The van der Waals surface area contributed by atoms with E-state index < -0.39 is 18.1 Å². The maximum absolute atomic E-state index is 11.2. The molecule has 7 nitrogen and oxygen atoms in total. The van der Waals surface area contributed by atoms with Gasteiger partial charge >= 0.3 is 12.1 Å². The Morgan fingerprint density at radius 1 is 1.47 bits per heavy atom. The Labute approximate surface area is 99.8 Å². The second-order valence-electron chi connectivity index (χ2n) is 4.85. The molecule has 0 radical (unpaired) electrons. The zero-order valence-electron chi connectivity index (χ0n) is 10.1. The highest BCUT2D eigenvalue weighted by molar-refractivity contribution is 5.74. The lowest BCUT2D eigenvalue weighted by atomic mass is 10.0. The Morgan fingerprint density at radius 3 is 2.41 bits per heavy atom. The minimum atomic E-state index is -1.21. The van der Waals surface area contributed by atoms with Crippen molar-refractivity contribution >= 4 is 12.1 Å². The Kier molecular flexibility index (Phi) is 3.94. The van der Waals surface area contributed by atoms with Crippen molar-refractivity contribution in [3.05, 3.63) is 0 Å². The fourth-order valence-electron chi connectivity index (χ4n) is 2.08. The average molecular weight is 245 g/mol. The van der Waals surface area contributed by atoms with Crippen LogP contribution in [0, 0.1) is 0 Å². The molecular weight excluding hydrogens is 226 g/mol. The lowest BCUT2D eigenvalue weighted by Gasteiger charge is -2.39. The minimum absolute atomic E-state index is 0.228. The highest BCUT2D eigenvalue weighted by Gasteiger charge is 2.39. The largest absolute Gasteiger partial charge is 0.480 e. The van der Waals surface area contributed by atoms with Crippen molar-refractivity contribution in [3.8, 4) is 0 Å². The molecule has 1 aliphatic rings. The topological polar surface area (TPSA) is 107 Å². The van der Waals surface area contributed by atoms with Gasteiger partial charge in [-0.2, -0.15) is 0 Å². The summed E-state index contributed by atoms with van der Waals surface area (Å²) in [7, 11) is 0. The van der Waals surface area contributed by atoms with Crippen molar-refractivity contribution in [2.75, 3.05) is 13.1 Å². The number of hydrazine groups is 1. The second-order valence-corrected chi connectivity index (χ2v) is 4.85. The first-order valence-corrected chi connectivity index (χ1v) is 5.52. The molecule has 0 aliphatic carbocycles. The summed E-state index contributed by atoms with van der Waals surface area (Å²) in [6.07, 6.45) is 0.592. The van der Waals surface area contributed by atoms with E-state index in [1.54, 1.807) is 5.01 Å². The second kappa shape index (κ2) is 4.89. The van der Waals surface area contributed by atoms with Gasteiger partial charge in [-0.1, -0.05) is 0 Å². The predicted molar refractivity (Wildman–Crippen MR) is 60.4 cm³/mol. The molecule has 1 atom stereocenters. The summed E-state index contributed by atoms with van der Waals surface area (Å²) >= 11 is 0. The number of hydrogen-bond acceptors (Lipinski definition) is 4. The number of carboxylic acids is 1. The molecule has 4 N–H and O–H groups in total. The quantitative estimate of drug-likeness (QED) is 0.651. The third kappa shape index (κ3) is 3.07. The number of aliphatic carboxylic acids is 1. The summed E-state index contributed by atoms with van der Waals surface area (Å²) in [6, 6.07) is -1.21. The van der Waals surface area contributed by atoms with Gasteiger partial charge in [0.2, 0.25) is 0 Å². The first-order valence-electron chi connectivity index (χ1n) is 5.52. The van der Waals surface area contributed by atoms with Crippen LogP contribution in [0.1, 0.15) is 26.7 Å². The smallest absolute Gasteiger partial charge is 0.422 e. The van der Waals surface area contributed by atoms with Gasteiger partial charge in [-0.25, -0.2) is 14.8 Å². The van der Waals surface area contributed by atoms with Crippen LogP contribution in [0.2, 0.25) is 0 Å². The predicted octanol–water partition coefficient (Wildman–Crippen LogP) is 0.168. The molecule has 0 saturated carbocycles. The Morgan fingerprint density at radius 2 is 2.06 bits per heavy atom. The first-order chi connectivity index (χ1) is 7.75. The summed E-state index contributed by atoms with van der Waals surface area (Å²) in [6.45, 7) is 4.24. The number of nitrogens with zero attached hydrogens (tertiary/aromatic N) is 2. The Hall–Kier alpha value is -1.34. The van der Waals surface area contributed by atoms with Crippen molar-refractivity contribution in [2.45, 2.75) is 38.3 Å². The molecule has 98 valence electrons. The molecule has 1 heterocycles. The van der Waals surface area contributed by atoms with Crippen molar-refractivity contribution in [1.82, 2.24) is 10.0 Å². The molecule has 1 amide bonds. The third-order valence-corrected chi connectivity index (χ3v) is 3.06. The average Bonchev–Trinajstić information content (AvgIpc) is 2.53. The van der Waals surface area contributed by atoms with E-state index in [1.165, 1.54) is 0 Å². The molecule has 0 aromatic carbocycles. The molecular formula is C10H19N3O4. The monoisotopic (exact) mass is 245 g/mol. The maximum Gasteiger partial charge on any atom is 0.422 e.